The van der Waals surface area contributed by atoms with Crippen molar-refractivity contribution in [1.82, 2.24) is 5.43 Å². The zero-order valence-electron chi connectivity index (χ0n) is 8.90. The lowest BCUT2D eigenvalue weighted by Gasteiger charge is -2.04. The normalized spacial score (nSPS) is 11.1. The fourth-order valence-corrected chi connectivity index (χ4v) is 1.41. The van der Waals surface area contributed by atoms with E-state index >= 15 is 0 Å². The first-order valence-electron chi connectivity index (χ1n) is 4.54. The molecule has 4 N–H and O–H groups in total. The molecule has 1 aromatic carbocycles. The summed E-state index contributed by atoms with van der Waals surface area (Å²) < 4.78 is 0.751. The van der Waals surface area contributed by atoms with Crippen LogP contribution in [0.1, 0.15) is 12.5 Å². The molecule has 0 saturated heterocycles. The van der Waals surface area contributed by atoms with Crippen molar-refractivity contribution in [2.45, 2.75) is 6.92 Å². The van der Waals surface area contributed by atoms with E-state index in [1.165, 1.54) is 6.07 Å². The van der Waals surface area contributed by atoms with Crippen LogP contribution in [-0.4, -0.2) is 22.6 Å². The van der Waals surface area contributed by atoms with Gasteiger partial charge in [0.25, 0.3) is 0 Å². The highest BCUT2D eigenvalue weighted by Crippen LogP contribution is 2.22. The number of amides is 2. The third-order valence-corrected chi connectivity index (χ3v) is 2.39. The summed E-state index contributed by atoms with van der Waals surface area (Å²) in [6.07, 6.45) is 0. The summed E-state index contributed by atoms with van der Waals surface area (Å²) in [6, 6.07) is 4.77. The van der Waals surface area contributed by atoms with Crippen molar-refractivity contribution in [3.05, 3.63) is 28.2 Å². The van der Waals surface area contributed by atoms with Crippen LogP contribution in [0.2, 0.25) is 0 Å². The number of hydrazone groups is 1. The molecule has 2 amide bonds. The Kier molecular flexibility index (Phi) is 4.22. The molecule has 0 atom stereocenters. The second-order valence-electron chi connectivity index (χ2n) is 3.16. The fourth-order valence-electron chi connectivity index (χ4n) is 1.05. The molecule has 0 unspecified atom stereocenters. The standard InChI is InChI=1S/C10H10BrN3O3/c1-5(13-14-10(17)9(12)16)7-4-6(11)2-3-8(7)15/h2-4,15H,1H3,(H2,12,16)(H,14,17)/b13-5+. The van der Waals surface area contributed by atoms with Crippen molar-refractivity contribution >= 4 is 33.5 Å². The van der Waals surface area contributed by atoms with E-state index in [9.17, 15) is 14.7 Å². The number of rotatable bonds is 2. The molecule has 0 heterocycles. The second-order valence-corrected chi connectivity index (χ2v) is 4.08. The molecule has 0 fully saturated rings. The van der Waals surface area contributed by atoms with E-state index in [4.69, 9.17) is 5.73 Å². The van der Waals surface area contributed by atoms with Gasteiger partial charge in [-0.25, -0.2) is 5.43 Å². The van der Waals surface area contributed by atoms with Crippen LogP contribution in [0.4, 0.5) is 0 Å². The first-order valence-corrected chi connectivity index (χ1v) is 5.34. The molecule has 7 heteroatoms. The maximum Gasteiger partial charge on any atom is 0.329 e. The SMILES string of the molecule is C/C(=N\NC(=O)C(N)=O)c1cc(Br)ccc1O. The summed E-state index contributed by atoms with van der Waals surface area (Å²) in [5.74, 6) is -2.12. The number of benzene rings is 1. The first kappa shape index (κ1) is 13.2. The largest absolute Gasteiger partial charge is 0.507 e. The van der Waals surface area contributed by atoms with E-state index in [0.29, 0.717) is 11.3 Å². The van der Waals surface area contributed by atoms with Crippen molar-refractivity contribution in [3.8, 4) is 5.75 Å². The quantitative estimate of drug-likeness (QED) is 0.420. The van der Waals surface area contributed by atoms with Crippen molar-refractivity contribution < 1.29 is 14.7 Å². The maximum absolute atomic E-state index is 10.9. The van der Waals surface area contributed by atoms with E-state index in [0.717, 1.165) is 4.47 Å². The molecule has 0 radical (unpaired) electrons. The molecular weight excluding hydrogens is 290 g/mol. The zero-order chi connectivity index (χ0) is 13.0. The number of nitrogens with two attached hydrogens (primary N) is 1. The van der Waals surface area contributed by atoms with Crippen molar-refractivity contribution in [2.75, 3.05) is 0 Å². The molecule has 0 aliphatic heterocycles. The average molecular weight is 300 g/mol. The van der Waals surface area contributed by atoms with Crippen molar-refractivity contribution in [1.29, 1.82) is 0 Å². The van der Waals surface area contributed by atoms with Crippen LogP contribution >= 0.6 is 15.9 Å². The Morgan fingerprint density at radius 2 is 2.12 bits per heavy atom. The number of carbonyl (C=O) groups excluding carboxylic acids is 2. The summed E-state index contributed by atoms with van der Waals surface area (Å²) >= 11 is 3.24. The lowest BCUT2D eigenvalue weighted by molar-refractivity contribution is -0.137. The minimum Gasteiger partial charge on any atom is -0.507 e. The number of aromatic hydroxyl groups is 1. The highest BCUT2D eigenvalue weighted by atomic mass is 79.9. The van der Waals surface area contributed by atoms with Crippen LogP contribution in [0, 0.1) is 0 Å². The Balaban J connectivity index is 2.92. The van der Waals surface area contributed by atoms with Crippen LogP contribution in [0.3, 0.4) is 0 Å². The van der Waals surface area contributed by atoms with Crippen LogP contribution < -0.4 is 11.2 Å². The highest BCUT2D eigenvalue weighted by Gasteiger charge is 2.09. The number of carbonyl (C=O) groups is 2. The third-order valence-electron chi connectivity index (χ3n) is 1.90. The predicted molar refractivity (Wildman–Crippen MR) is 65.4 cm³/mol. The maximum atomic E-state index is 10.9. The topological polar surface area (TPSA) is 105 Å². The Bertz CT molecular complexity index is 500. The summed E-state index contributed by atoms with van der Waals surface area (Å²) in [6.45, 7) is 1.57. The van der Waals surface area contributed by atoms with Gasteiger partial charge >= 0.3 is 11.8 Å². The van der Waals surface area contributed by atoms with Crippen molar-refractivity contribution in [3.63, 3.8) is 0 Å². The van der Waals surface area contributed by atoms with Gasteiger partial charge in [0, 0.05) is 10.0 Å². The van der Waals surface area contributed by atoms with Crippen LogP contribution in [0.5, 0.6) is 5.75 Å². The summed E-state index contributed by atoms with van der Waals surface area (Å²) in [5.41, 5.74) is 7.49. The first-order chi connectivity index (χ1) is 7.91. The van der Waals surface area contributed by atoms with Crippen LogP contribution in [0.15, 0.2) is 27.8 Å². The van der Waals surface area contributed by atoms with Gasteiger partial charge in [-0.05, 0) is 25.1 Å². The Morgan fingerprint density at radius 1 is 1.47 bits per heavy atom. The van der Waals surface area contributed by atoms with Gasteiger partial charge in [-0.15, -0.1) is 0 Å². The lowest BCUT2D eigenvalue weighted by atomic mass is 10.1. The van der Waals surface area contributed by atoms with Crippen molar-refractivity contribution in [2.24, 2.45) is 10.8 Å². The number of hydrogen-bond donors (Lipinski definition) is 3. The fraction of sp³-hybridized carbons (Fsp3) is 0.100. The molecule has 6 nitrogen and oxygen atoms in total. The number of nitrogens with zero attached hydrogens (tertiary/aromatic N) is 1. The molecule has 0 spiro atoms. The van der Waals surface area contributed by atoms with Gasteiger partial charge in [-0.1, -0.05) is 15.9 Å². The summed E-state index contributed by atoms with van der Waals surface area (Å²) in [4.78, 5) is 21.3. The molecule has 0 saturated carbocycles. The van der Waals surface area contributed by atoms with E-state index < -0.39 is 11.8 Å². The highest BCUT2D eigenvalue weighted by molar-refractivity contribution is 9.10. The molecule has 90 valence electrons. The predicted octanol–water partition coefficient (Wildman–Crippen LogP) is 0.480. The van der Waals surface area contributed by atoms with Gasteiger partial charge in [0.05, 0.1) is 5.71 Å². The number of phenols is 1. The van der Waals surface area contributed by atoms with E-state index in [2.05, 4.69) is 21.0 Å². The van der Waals surface area contributed by atoms with Gasteiger partial charge in [0.2, 0.25) is 0 Å². The minimum atomic E-state index is -1.12. The molecule has 0 aliphatic rings. The zero-order valence-corrected chi connectivity index (χ0v) is 10.5. The van der Waals surface area contributed by atoms with Gasteiger partial charge in [0.15, 0.2) is 0 Å². The molecule has 1 aromatic rings. The second kappa shape index (κ2) is 5.44. The monoisotopic (exact) mass is 299 g/mol. The Morgan fingerprint density at radius 3 is 2.71 bits per heavy atom. The molecular formula is C10H10BrN3O3. The van der Waals surface area contributed by atoms with E-state index in [-0.39, 0.29) is 5.75 Å². The number of hydrogen-bond acceptors (Lipinski definition) is 4. The number of primary amides is 1. The Labute approximate surface area is 106 Å². The lowest BCUT2D eigenvalue weighted by Crippen LogP contribution is -2.33. The molecule has 1 rings (SSSR count). The summed E-state index contributed by atoms with van der Waals surface area (Å²) in [5, 5.41) is 13.2. The smallest absolute Gasteiger partial charge is 0.329 e. The van der Waals surface area contributed by atoms with E-state index in [1.54, 1.807) is 19.1 Å². The van der Waals surface area contributed by atoms with Gasteiger partial charge < -0.3 is 10.8 Å². The Hall–Kier alpha value is -1.89. The van der Waals surface area contributed by atoms with Crippen LogP contribution in [0.25, 0.3) is 0 Å². The summed E-state index contributed by atoms with van der Waals surface area (Å²) in [7, 11) is 0. The average Bonchev–Trinajstić information content (AvgIpc) is 2.28. The minimum absolute atomic E-state index is 0.0165. The van der Waals surface area contributed by atoms with E-state index in [1.807, 2.05) is 5.43 Å². The number of halogens is 1. The molecule has 0 bridgehead atoms. The molecule has 0 aliphatic carbocycles. The molecule has 0 aromatic heterocycles. The third kappa shape index (κ3) is 3.56. The number of phenolic OH excluding ortho intramolecular Hbond substituents is 1. The van der Waals surface area contributed by atoms with Gasteiger partial charge in [0.1, 0.15) is 5.75 Å². The van der Waals surface area contributed by atoms with Gasteiger partial charge in [-0.3, -0.25) is 9.59 Å². The van der Waals surface area contributed by atoms with Gasteiger partial charge in [-0.2, -0.15) is 5.10 Å². The molecule has 17 heavy (non-hydrogen) atoms. The van der Waals surface area contributed by atoms with Crippen LogP contribution in [-0.2, 0) is 9.59 Å². The number of nitrogens with one attached hydrogen (secondary N) is 1.